The summed E-state index contributed by atoms with van der Waals surface area (Å²) in [6.45, 7) is 9.71. The largest absolute Gasteiger partial charge is 0.397 e. The van der Waals surface area contributed by atoms with Crippen molar-refractivity contribution in [2.24, 2.45) is 23.7 Å². The van der Waals surface area contributed by atoms with E-state index >= 15 is 0 Å². The molecule has 0 radical (unpaired) electrons. The highest BCUT2D eigenvalue weighted by Crippen LogP contribution is 2.53. The molecule has 0 aliphatic heterocycles. The molecule has 3 heteroatoms. The molecule has 0 N–H and O–H groups in total. The Kier molecular flexibility index (Phi) is 5.95. The molecule has 0 saturated heterocycles. The Morgan fingerprint density at radius 3 is 1.90 bits per heavy atom. The van der Waals surface area contributed by atoms with Crippen LogP contribution < -0.4 is 0 Å². The van der Waals surface area contributed by atoms with E-state index < -0.39 is 8.56 Å². The zero-order valence-electron chi connectivity index (χ0n) is 15.0. The van der Waals surface area contributed by atoms with Gasteiger partial charge in [0.05, 0.1) is 0 Å². The molecule has 0 spiro atoms. The van der Waals surface area contributed by atoms with Crippen LogP contribution in [-0.4, -0.2) is 22.8 Å². The van der Waals surface area contributed by atoms with Crippen LogP contribution in [0.3, 0.4) is 0 Å². The Balaban J connectivity index is 2.26. The van der Waals surface area contributed by atoms with Gasteiger partial charge >= 0.3 is 8.56 Å². The van der Waals surface area contributed by atoms with Gasteiger partial charge in [-0.15, -0.1) is 0 Å². The lowest BCUT2D eigenvalue weighted by Crippen LogP contribution is -2.54. The molecule has 2 nitrogen and oxygen atoms in total. The first-order chi connectivity index (χ1) is 9.94. The Morgan fingerprint density at radius 2 is 1.38 bits per heavy atom. The summed E-state index contributed by atoms with van der Waals surface area (Å²) in [5.41, 5.74) is 1.36. The van der Waals surface area contributed by atoms with Crippen LogP contribution in [0, 0.1) is 23.7 Å². The summed E-state index contributed by atoms with van der Waals surface area (Å²) in [7, 11) is 1.74. The van der Waals surface area contributed by atoms with Crippen molar-refractivity contribution in [3.8, 4) is 0 Å². The highest BCUT2D eigenvalue weighted by atomic mass is 28.4. The lowest BCUT2D eigenvalue weighted by Gasteiger charge is -2.49. The minimum absolute atomic E-state index is 0.679. The van der Waals surface area contributed by atoms with Crippen molar-refractivity contribution in [1.29, 1.82) is 0 Å². The van der Waals surface area contributed by atoms with E-state index in [-0.39, 0.29) is 0 Å². The van der Waals surface area contributed by atoms with E-state index in [1.807, 2.05) is 14.2 Å². The van der Waals surface area contributed by atoms with Crippen molar-refractivity contribution in [2.75, 3.05) is 14.2 Å². The molecule has 2 rings (SSSR count). The van der Waals surface area contributed by atoms with Crippen LogP contribution in [-0.2, 0) is 8.85 Å². The molecule has 0 bridgehead atoms. The third kappa shape index (κ3) is 3.40. The maximum absolute atomic E-state index is 6.30. The number of hydrogen-bond acceptors (Lipinski definition) is 2. The second kappa shape index (κ2) is 7.14. The van der Waals surface area contributed by atoms with Gasteiger partial charge in [-0.2, -0.15) is 0 Å². The van der Waals surface area contributed by atoms with E-state index in [0.29, 0.717) is 11.1 Å². The van der Waals surface area contributed by atoms with Crippen LogP contribution >= 0.6 is 0 Å². The first-order valence-electron chi connectivity index (χ1n) is 9.04. The predicted molar refractivity (Wildman–Crippen MR) is 91.6 cm³/mol. The summed E-state index contributed by atoms with van der Waals surface area (Å²) >= 11 is 0. The highest BCUT2D eigenvalue weighted by Gasteiger charge is 2.55. The fraction of sp³-hybridized carbons (Fsp3) is 1.00. The Labute approximate surface area is 133 Å². The smallest absolute Gasteiger partial charge is 0.344 e. The van der Waals surface area contributed by atoms with Gasteiger partial charge in [0, 0.05) is 25.3 Å². The maximum atomic E-state index is 6.30. The SMILES string of the molecule is CO[Si](OC)(C1CC(C)CC(C)C1)C1CCCC(C)C1C. The molecule has 21 heavy (non-hydrogen) atoms. The van der Waals surface area contributed by atoms with Gasteiger partial charge in [0.15, 0.2) is 0 Å². The van der Waals surface area contributed by atoms with Gasteiger partial charge < -0.3 is 8.85 Å². The van der Waals surface area contributed by atoms with Crippen molar-refractivity contribution in [1.82, 2.24) is 0 Å². The summed E-state index contributed by atoms with van der Waals surface area (Å²) in [4.78, 5) is 0. The van der Waals surface area contributed by atoms with Crippen LogP contribution in [0.5, 0.6) is 0 Å². The minimum atomic E-state index is -2.13. The Bertz CT molecular complexity index is 319. The van der Waals surface area contributed by atoms with Crippen molar-refractivity contribution < 1.29 is 8.85 Å². The lowest BCUT2D eigenvalue weighted by atomic mass is 9.81. The first kappa shape index (κ1) is 17.5. The Morgan fingerprint density at radius 1 is 0.810 bits per heavy atom. The first-order valence-corrected chi connectivity index (χ1v) is 11.0. The van der Waals surface area contributed by atoms with Gasteiger partial charge in [-0.25, -0.2) is 0 Å². The topological polar surface area (TPSA) is 18.5 Å². The molecule has 2 fully saturated rings. The second-order valence-corrected chi connectivity index (χ2v) is 11.9. The van der Waals surface area contributed by atoms with Crippen LogP contribution in [0.25, 0.3) is 0 Å². The second-order valence-electron chi connectivity index (χ2n) is 8.12. The molecule has 0 aromatic carbocycles. The molecule has 2 saturated carbocycles. The molecule has 0 aromatic rings. The summed E-state index contributed by atoms with van der Waals surface area (Å²) < 4.78 is 12.6. The molecule has 2 aliphatic carbocycles. The fourth-order valence-corrected chi connectivity index (χ4v) is 10.6. The Hall–Kier alpha value is 0.137. The molecule has 2 aliphatic rings. The van der Waals surface area contributed by atoms with Gasteiger partial charge in [0.25, 0.3) is 0 Å². The zero-order valence-corrected chi connectivity index (χ0v) is 16.0. The highest BCUT2D eigenvalue weighted by molar-refractivity contribution is 6.70. The van der Waals surface area contributed by atoms with Crippen LogP contribution in [0.2, 0.25) is 11.1 Å². The molecule has 5 atom stereocenters. The third-order valence-electron chi connectivity index (χ3n) is 6.61. The van der Waals surface area contributed by atoms with Crippen molar-refractivity contribution in [3.05, 3.63) is 0 Å². The van der Waals surface area contributed by atoms with Crippen LogP contribution in [0.1, 0.15) is 66.2 Å². The molecule has 0 heterocycles. The quantitative estimate of drug-likeness (QED) is 0.649. The molecular formula is C18H36O2Si. The zero-order chi connectivity index (χ0) is 15.6. The lowest BCUT2D eigenvalue weighted by molar-refractivity contribution is 0.147. The van der Waals surface area contributed by atoms with Crippen molar-refractivity contribution >= 4 is 8.56 Å². The van der Waals surface area contributed by atoms with E-state index in [1.165, 1.54) is 38.5 Å². The summed E-state index contributed by atoms with van der Waals surface area (Å²) in [6, 6.07) is 0. The molecular weight excluding hydrogens is 276 g/mol. The van der Waals surface area contributed by atoms with E-state index in [2.05, 4.69) is 27.7 Å². The molecule has 0 amide bonds. The molecule has 0 aromatic heterocycles. The van der Waals surface area contributed by atoms with Crippen molar-refractivity contribution in [2.45, 2.75) is 77.3 Å². The fourth-order valence-electron chi connectivity index (χ4n) is 5.45. The molecule has 5 unspecified atom stereocenters. The van der Waals surface area contributed by atoms with Crippen molar-refractivity contribution in [3.63, 3.8) is 0 Å². The van der Waals surface area contributed by atoms with Crippen LogP contribution in [0.15, 0.2) is 0 Å². The van der Waals surface area contributed by atoms with Gasteiger partial charge in [0.2, 0.25) is 0 Å². The van der Waals surface area contributed by atoms with E-state index in [1.54, 1.807) is 0 Å². The average Bonchev–Trinajstić information content (AvgIpc) is 2.44. The normalized spacial score (nSPS) is 42.0. The summed E-state index contributed by atoms with van der Waals surface area (Å²) in [5.74, 6) is 3.22. The monoisotopic (exact) mass is 312 g/mol. The number of hydrogen-bond donors (Lipinski definition) is 0. The summed E-state index contributed by atoms with van der Waals surface area (Å²) in [6.07, 6.45) is 8.07. The maximum Gasteiger partial charge on any atom is 0.344 e. The predicted octanol–water partition coefficient (Wildman–Crippen LogP) is 5.37. The summed E-state index contributed by atoms with van der Waals surface area (Å²) in [5, 5.41) is 0. The van der Waals surface area contributed by atoms with Gasteiger partial charge in [-0.05, 0) is 49.4 Å². The van der Waals surface area contributed by atoms with E-state index in [4.69, 9.17) is 8.85 Å². The van der Waals surface area contributed by atoms with E-state index in [9.17, 15) is 0 Å². The minimum Gasteiger partial charge on any atom is -0.397 e. The van der Waals surface area contributed by atoms with Crippen LogP contribution in [0.4, 0.5) is 0 Å². The number of rotatable bonds is 4. The molecule has 124 valence electrons. The average molecular weight is 313 g/mol. The van der Waals surface area contributed by atoms with Gasteiger partial charge in [0.1, 0.15) is 0 Å². The third-order valence-corrected chi connectivity index (χ3v) is 11.3. The van der Waals surface area contributed by atoms with E-state index in [0.717, 1.165) is 23.7 Å². The van der Waals surface area contributed by atoms with Gasteiger partial charge in [-0.1, -0.05) is 40.5 Å². The standard InChI is InChI=1S/C18H36O2Si/c1-13-10-14(2)12-17(11-13)21(19-5,20-6)18-9-7-8-15(3)16(18)4/h13-18H,7-12H2,1-6H3. The van der Waals surface area contributed by atoms with Gasteiger partial charge in [-0.3, -0.25) is 0 Å².